The van der Waals surface area contributed by atoms with E-state index in [4.69, 9.17) is 0 Å². The van der Waals surface area contributed by atoms with Gasteiger partial charge in [-0.1, -0.05) is 0 Å². The van der Waals surface area contributed by atoms with Gasteiger partial charge in [0.1, 0.15) is 0 Å². The average molecular weight is 146 g/mol. The molecule has 0 aromatic rings. The Morgan fingerprint density at radius 1 is 1.17 bits per heavy atom. The summed E-state index contributed by atoms with van der Waals surface area (Å²) in [5, 5.41) is 0. The Hall–Kier alpha value is -0.000519. The zero-order valence-electron chi connectivity index (χ0n) is 3.72. The summed E-state index contributed by atoms with van der Waals surface area (Å²) in [7, 11) is 0. The quantitative estimate of drug-likeness (QED) is 0.452. The Bertz CT molecular complexity index is 80.1. The van der Waals surface area contributed by atoms with Crippen LogP contribution < -0.4 is 0 Å². The molecule has 0 amide bonds. The van der Waals surface area contributed by atoms with Crippen molar-refractivity contribution in [2.75, 3.05) is 0 Å². The molecule has 0 N–H and O–H groups in total. The monoisotopic (exact) mass is 147 g/mol. The average Bonchev–Trinajstić information content (AvgIpc) is 1.86. The summed E-state index contributed by atoms with van der Waals surface area (Å²) in [5.74, 6) is 2.29. The molecule has 0 saturated heterocycles. The first-order chi connectivity index (χ1) is 2.89. The van der Waals surface area contributed by atoms with Gasteiger partial charge in [0.2, 0.25) is 0 Å². The van der Waals surface area contributed by atoms with Crippen LogP contribution in [0.1, 0.15) is 0 Å². The first-order valence-corrected chi connectivity index (χ1v) is 5.57. The molecule has 0 atom stereocenters. The van der Waals surface area contributed by atoms with Gasteiger partial charge >= 0.3 is 41.8 Å². The molecule has 1 aliphatic rings. The molecule has 0 aromatic carbocycles. The Morgan fingerprint density at radius 3 is 1.83 bits per heavy atom. The van der Waals surface area contributed by atoms with Gasteiger partial charge in [-0.25, -0.2) is 0 Å². The first-order valence-electron chi connectivity index (χ1n) is 1.88. The molecular formula is C5H7Se. The topological polar surface area (TPSA) is 0 Å². The van der Waals surface area contributed by atoms with Crippen molar-refractivity contribution in [3.63, 3.8) is 0 Å². The third kappa shape index (κ3) is 0.734. The second-order valence-electron chi connectivity index (χ2n) is 1.26. The predicted octanol–water partition coefficient (Wildman–Crippen LogP) is 1.32. The summed E-state index contributed by atoms with van der Waals surface area (Å²) < 4.78 is 0. The second-order valence-corrected chi connectivity index (χ2v) is 4.96. The van der Waals surface area contributed by atoms with E-state index >= 15 is 0 Å². The molecule has 1 radical (unpaired) electrons. The summed E-state index contributed by atoms with van der Waals surface area (Å²) in [6, 6.07) is 0. The molecule has 1 heterocycles. The number of hydrogen-bond acceptors (Lipinski definition) is 0. The van der Waals surface area contributed by atoms with E-state index in [1.54, 1.807) is 0 Å². The zero-order chi connectivity index (χ0) is 4.41. The number of hydrogen-bond donors (Lipinski definition) is 0. The Labute approximate surface area is 42.4 Å². The third-order valence-corrected chi connectivity index (χ3v) is 3.16. The van der Waals surface area contributed by atoms with Crippen molar-refractivity contribution in [3.8, 4) is 0 Å². The molecule has 0 fully saturated rings. The fourth-order valence-electron chi connectivity index (χ4n) is 0.384. The van der Waals surface area contributed by atoms with Crippen LogP contribution in [0.3, 0.4) is 0 Å². The predicted molar refractivity (Wildman–Crippen MR) is 29.9 cm³/mol. The molecule has 33 valence electrons. The summed E-state index contributed by atoms with van der Waals surface area (Å²) in [5.41, 5.74) is 0. The van der Waals surface area contributed by atoms with E-state index < -0.39 is 0 Å². The van der Waals surface area contributed by atoms with Crippen molar-refractivity contribution >= 4 is 13.9 Å². The van der Waals surface area contributed by atoms with Gasteiger partial charge in [-0.3, -0.25) is 0 Å². The third-order valence-electron chi connectivity index (χ3n) is 0.698. The molecule has 1 heteroatoms. The Kier molecular flexibility index (Phi) is 1.13. The van der Waals surface area contributed by atoms with Gasteiger partial charge in [-0.05, 0) is 0 Å². The summed E-state index contributed by atoms with van der Waals surface area (Å²) in [6.45, 7) is 0. The van der Waals surface area contributed by atoms with Gasteiger partial charge in [0, 0.05) is 0 Å². The fourth-order valence-corrected chi connectivity index (χ4v) is 2.00. The van der Waals surface area contributed by atoms with Crippen LogP contribution in [0.25, 0.3) is 0 Å². The number of allylic oxidation sites excluding steroid dienone is 2. The molecule has 0 bridgehead atoms. The molecule has 6 heavy (non-hydrogen) atoms. The van der Waals surface area contributed by atoms with Gasteiger partial charge in [0.25, 0.3) is 0 Å². The Morgan fingerprint density at radius 2 is 1.67 bits per heavy atom. The Balaban J connectivity index is 2.60. The summed E-state index contributed by atoms with van der Waals surface area (Å²) in [6.07, 6.45) is 4.26. The summed E-state index contributed by atoms with van der Waals surface area (Å²) in [4.78, 5) is 4.58. The van der Waals surface area contributed by atoms with E-state index in [2.05, 4.69) is 27.9 Å². The van der Waals surface area contributed by atoms with Crippen LogP contribution in [0.5, 0.6) is 0 Å². The van der Waals surface area contributed by atoms with Crippen molar-refractivity contribution in [2.24, 2.45) is 0 Å². The molecule has 0 nitrogen and oxygen atoms in total. The van der Waals surface area contributed by atoms with Crippen LogP contribution in [0.4, 0.5) is 0 Å². The standard InChI is InChI=1S/C5H7Se/c1-6-4-2-3-5-6/h2-5H,1H3. The molecule has 0 saturated carbocycles. The first kappa shape index (κ1) is 4.17. The van der Waals surface area contributed by atoms with Crippen molar-refractivity contribution in [2.45, 2.75) is 5.82 Å². The van der Waals surface area contributed by atoms with Crippen LogP contribution >= 0.6 is 0 Å². The molecule has 1 rings (SSSR count). The van der Waals surface area contributed by atoms with Crippen molar-refractivity contribution < 1.29 is 0 Å². The minimum atomic E-state index is -0.301. The molecule has 0 aromatic heterocycles. The van der Waals surface area contributed by atoms with Crippen molar-refractivity contribution in [1.29, 1.82) is 0 Å². The molecule has 0 spiro atoms. The van der Waals surface area contributed by atoms with E-state index in [9.17, 15) is 0 Å². The van der Waals surface area contributed by atoms with Crippen LogP contribution in [0, 0.1) is 0 Å². The van der Waals surface area contributed by atoms with E-state index in [1.807, 2.05) is 0 Å². The normalized spacial score (nSPS) is 20.2. The van der Waals surface area contributed by atoms with Crippen molar-refractivity contribution in [1.82, 2.24) is 0 Å². The van der Waals surface area contributed by atoms with E-state index in [0.717, 1.165) is 0 Å². The maximum atomic E-state index is 2.29. The SMILES string of the molecule is C[Se]1C=CC=C1. The minimum absolute atomic E-state index is 0.301. The summed E-state index contributed by atoms with van der Waals surface area (Å²) >= 11 is -0.301. The fraction of sp³-hybridized carbons (Fsp3) is 0.200. The maximum absolute atomic E-state index is 2.29. The van der Waals surface area contributed by atoms with E-state index in [-0.39, 0.29) is 13.9 Å². The second kappa shape index (κ2) is 1.63. The van der Waals surface area contributed by atoms with Gasteiger partial charge < -0.3 is 0 Å². The van der Waals surface area contributed by atoms with Gasteiger partial charge in [0.05, 0.1) is 0 Å². The molecule has 1 aliphatic heterocycles. The van der Waals surface area contributed by atoms with Crippen LogP contribution in [0.2, 0.25) is 5.82 Å². The van der Waals surface area contributed by atoms with Crippen molar-refractivity contribution in [3.05, 3.63) is 22.1 Å². The van der Waals surface area contributed by atoms with Crippen LogP contribution in [0.15, 0.2) is 22.1 Å². The van der Waals surface area contributed by atoms with Crippen LogP contribution in [-0.4, -0.2) is 13.9 Å². The van der Waals surface area contributed by atoms with E-state index in [1.165, 1.54) is 0 Å². The molecular weight excluding hydrogens is 139 g/mol. The molecule has 0 aliphatic carbocycles. The van der Waals surface area contributed by atoms with Gasteiger partial charge in [-0.15, -0.1) is 0 Å². The number of rotatable bonds is 0. The van der Waals surface area contributed by atoms with E-state index in [0.29, 0.717) is 0 Å². The zero-order valence-corrected chi connectivity index (χ0v) is 5.43. The van der Waals surface area contributed by atoms with Gasteiger partial charge in [-0.2, -0.15) is 0 Å². The van der Waals surface area contributed by atoms with Gasteiger partial charge in [0.15, 0.2) is 0 Å². The van der Waals surface area contributed by atoms with Crippen LogP contribution in [-0.2, 0) is 0 Å². The molecule has 0 unspecified atom stereocenters.